The monoisotopic (exact) mass is 422 g/mol. The maximum absolute atomic E-state index is 12.7. The number of furan rings is 1. The number of nitrogens with one attached hydrogen (secondary N) is 1. The Morgan fingerprint density at radius 1 is 1.00 bits per heavy atom. The number of carbonyl (C=O) groups is 1. The van der Waals surface area contributed by atoms with Crippen molar-refractivity contribution in [3.63, 3.8) is 0 Å². The first-order valence-corrected chi connectivity index (χ1v) is 9.57. The Morgan fingerprint density at radius 2 is 1.85 bits per heavy atom. The summed E-state index contributed by atoms with van der Waals surface area (Å²) in [5.74, 6) is -0.185. The summed E-state index contributed by atoms with van der Waals surface area (Å²) in [6.07, 6.45) is 0. The second-order valence-corrected chi connectivity index (χ2v) is 7.84. The molecular weight excluding hydrogens is 412 g/mol. The van der Waals surface area contributed by atoms with E-state index in [4.69, 9.17) is 4.42 Å². The van der Waals surface area contributed by atoms with Crippen LogP contribution < -0.4 is 5.32 Å². The predicted octanol–water partition coefficient (Wildman–Crippen LogP) is 6.21. The lowest BCUT2D eigenvalue weighted by Gasteiger charge is -2.01. The molecule has 6 heteroatoms. The van der Waals surface area contributed by atoms with Crippen LogP contribution in [0.3, 0.4) is 0 Å². The number of hydrogen-bond acceptors (Lipinski definition) is 4. The fourth-order valence-electron chi connectivity index (χ4n) is 2.99. The number of halogens is 1. The third kappa shape index (κ3) is 2.58. The number of hydrogen-bond donors (Lipinski definition) is 1. The summed E-state index contributed by atoms with van der Waals surface area (Å²) < 4.78 is 7.82. The second kappa shape index (κ2) is 5.93. The van der Waals surface area contributed by atoms with E-state index in [0.29, 0.717) is 10.7 Å². The largest absolute Gasteiger partial charge is 0.456 e. The van der Waals surface area contributed by atoms with Gasteiger partial charge in [-0.25, -0.2) is 4.98 Å². The number of amides is 1. The molecule has 0 aliphatic rings. The molecule has 1 amide bonds. The molecule has 0 saturated heterocycles. The van der Waals surface area contributed by atoms with Gasteiger partial charge in [-0.05, 0) is 42.5 Å². The number of aromatic nitrogens is 1. The van der Waals surface area contributed by atoms with E-state index in [9.17, 15) is 4.79 Å². The van der Waals surface area contributed by atoms with Gasteiger partial charge in [0.05, 0.1) is 10.2 Å². The van der Waals surface area contributed by atoms with Crippen LogP contribution in [0, 0.1) is 0 Å². The molecule has 0 bridgehead atoms. The van der Waals surface area contributed by atoms with E-state index in [1.54, 1.807) is 6.07 Å². The molecule has 2 aromatic heterocycles. The first-order chi connectivity index (χ1) is 12.7. The average molecular weight is 423 g/mol. The second-order valence-electron chi connectivity index (χ2n) is 5.89. The molecule has 3 aromatic carbocycles. The molecule has 2 heterocycles. The molecule has 0 fully saturated rings. The number of fused-ring (bicyclic) bond motifs is 4. The lowest BCUT2D eigenvalue weighted by atomic mass is 10.1. The van der Waals surface area contributed by atoms with Gasteiger partial charge in [0.25, 0.3) is 5.91 Å². The third-order valence-electron chi connectivity index (χ3n) is 4.21. The zero-order valence-electron chi connectivity index (χ0n) is 13.3. The van der Waals surface area contributed by atoms with Crippen LogP contribution in [0.5, 0.6) is 0 Å². The van der Waals surface area contributed by atoms with Gasteiger partial charge in [0.1, 0.15) is 11.2 Å². The molecule has 0 aliphatic heterocycles. The summed E-state index contributed by atoms with van der Waals surface area (Å²) in [7, 11) is 0. The van der Waals surface area contributed by atoms with Crippen molar-refractivity contribution >= 4 is 70.5 Å². The van der Waals surface area contributed by atoms with Gasteiger partial charge < -0.3 is 4.42 Å². The van der Waals surface area contributed by atoms with Crippen molar-refractivity contribution in [2.45, 2.75) is 0 Å². The molecule has 0 radical (unpaired) electrons. The average Bonchev–Trinajstić information content (AvgIpc) is 3.21. The Morgan fingerprint density at radius 3 is 2.77 bits per heavy atom. The van der Waals surface area contributed by atoms with Crippen molar-refractivity contribution in [1.29, 1.82) is 0 Å². The molecule has 0 spiro atoms. The van der Waals surface area contributed by atoms with Gasteiger partial charge in [-0.3, -0.25) is 10.1 Å². The van der Waals surface area contributed by atoms with Crippen molar-refractivity contribution in [2.24, 2.45) is 0 Å². The molecule has 1 N–H and O–H groups in total. The Kier molecular flexibility index (Phi) is 3.55. The van der Waals surface area contributed by atoms with Crippen molar-refractivity contribution in [3.05, 3.63) is 70.7 Å². The highest BCUT2D eigenvalue weighted by Gasteiger charge is 2.13. The van der Waals surface area contributed by atoms with E-state index in [1.807, 2.05) is 54.6 Å². The quantitative estimate of drug-likeness (QED) is 0.367. The highest BCUT2D eigenvalue weighted by molar-refractivity contribution is 9.10. The fraction of sp³-hybridized carbons (Fsp3) is 0. The van der Waals surface area contributed by atoms with Crippen LogP contribution >= 0.6 is 27.3 Å². The van der Waals surface area contributed by atoms with Gasteiger partial charge in [-0.1, -0.05) is 45.5 Å². The number of thiazole rings is 1. The first-order valence-electron chi connectivity index (χ1n) is 7.96. The highest BCUT2D eigenvalue weighted by atomic mass is 79.9. The topological polar surface area (TPSA) is 55.1 Å². The molecule has 0 aliphatic carbocycles. The maximum Gasteiger partial charge on any atom is 0.257 e. The summed E-state index contributed by atoms with van der Waals surface area (Å²) in [5.41, 5.74) is 3.03. The first kappa shape index (κ1) is 15.5. The van der Waals surface area contributed by atoms with E-state index in [1.165, 1.54) is 11.3 Å². The van der Waals surface area contributed by atoms with Crippen molar-refractivity contribution in [1.82, 2.24) is 4.98 Å². The normalized spacial score (nSPS) is 11.4. The molecule has 0 unspecified atom stereocenters. The summed E-state index contributed by atoms with van der Waals surface area (Å²) >= 11 is 4.90. The minimum absolute atomic E-state index is 0.185. The molecule has 126 valence electrons. The summed E-state index contributed by atoms with van der Waals surface area (Å²) in [4.78, 5) is 17.1. The van der Waals surface area contributed by atoms with Crippen LogP contribution in [-0.2, 0) is 0 Å². The summed E-state index contributed by atoms with van der Waals surface area (Å²) in [5, 5.41) is 5.41. The standard InChI is InChI=1S/C20H11BrN2O2S/c21-12-6-7-15-18(10-12)26-20(22-15)23-19(24)11-5-8-17-14(9-11)13-3-1-2-4-16(13)25-17/h1-10H,(H,22,23,24). The van der Waals surface area contributed by atoms with Gasteiger partial charge >= 0.3 is 0 Å². The third-order valence-corrected chi connectivity index (χ3v) is 5.64. The van der Waals surface area contributed by atoms with E-state index in [-0.39, 0.29) is 5.91 Å². The van der Waals surface area contributed by atoms with Crippen LogP contribution in [0.15, 0.2) is 69.6 Å². The molecular formula is C20H11BrN2O2S. The minimum Gasteiger partial charge on any atom is -0.456 e. The Balaban J connectivity index is 1.51. The number of anilines is 1. The van der Waals surface area contributed by atoms with Gasteiger partial charge in [0.15, 0.2) is 5.13 Å². The zero-order valence-corrected chi connectivity index (χ0v) is 15.7. The van der Waals surface area contributed by atoms with Crippen LogP contribution in [0.25, 0.3) is 32.2 Å². The highest BCUT2D eigenvalue weighted by Crippen LogP contribution is 2.31. The number of carbonyl (C=O) groups excluding carboxylic acids is 1. The van der Waals surface area contributed by atoms with E-state index < -0.39 is 0 Å². The number of benzene rings is 3. The number of para-hydroxylation sites is 1. The van der Waals surface area contributed by atoms with Crippen molar-refractivity contribution in [2.75, 3.05) is 5.32 Å². The predicted molar refractivity (Wildman–Crippen MR) is 109 cm³/mol. The summed E-state index contributed by atoms with van der Waals surface area (Å²) in [6.45, 7) is 0. The fourth-order valence-corrected chi connectivity index (χ4v) is 4.40. The van der Waals surface area contributed by atoms with Crippen LogP contribution in [0.4, 0.5) is 5.13 Å². The molecule has 26 heavy (non-hydrogen) atoms. The van der Waals surface area contributed by atoms with Gasteiger partial charge in [0, 0.05) is 20.8 Å². The molecule has 0 saturated carbocycles. The molecule has 0 atom stereocenters. The Bertz CT molecular complexity index is 1310. The lowest BCUT2D eigenvalue weighted by Crippen LogP contribution is -2.11. The number of nitrogens with zero attached hydrogens (tertiary/aromatic N) is 1. The summed E-state index contributed by atoms with van der Waals surface area (Å²) in [6, 6.07) is 19.1. The van der Waals surface area contributed by atoms with E-state index >= 15 is 0 Å². The van der Waals surface area contributed by atoms with E-state index in [2.05, 4.69) is 26.2 Å². The van der Waals surface area contributed by atoms with Gasteiger partial charge in [-0.15, -0.1) is 0 Å². The van der Waals surface area contributed by atoms with Crippen LogP contribution in [-0.4, -0.2) is 10.9 Å². The van der Waals surface area contributed by atoms with Crippen molar-refractivity contribution < 1.29 is 9.21 Å². The van der Waals surface area contributed by atoms with Crippen LogP contribution in [0.1, 0.15) is 10.4 Å². The lowest BCUT2D eigenvalue weighted by molar-refractivity contribution is 0.102. The van der Waals surface area contributed by atoms with E-state index in [0.717, 1.165) is 36.6 Å². The maximum atomic E-state index is 12.7. The smallest absolute Gasteiger partial charge is 0.257 e. The Hall–Kier alpha value is -2.70. The number of rotatable bonds is 2. The van der Waals surface area contributed by atoms with Crippen LogP contribution in [0.2, 0.25) is 0 Å². The van der Waals surface area contributed by atoms with Crippen molar-refractivity contribution in [3.8, 4) is 0 Å². The minimum atomic E-state index is -0.185. The van der Waals surface area contributed by atoms with Gasteiger partial charge in [0.2, 0.25) is 0 Å². The molecule has 5 aromatic rings. The SMILES string of the molecule is O=C(Nc1nc2ccc(Br)cc2s1)c1ccc2oc3ccccc3c2c1. The van der Waals surface area contributed by atoms with Gasteiger partial charge in [-0.2, -0.15) is 0 Å². The Labute approximate surface area is 160 Å². The zero-order chi connectivity index (χ0) is 17.7. The molecule has 4 nitrogen and oxygen atoms in total. The molecule has 5 rings (SSSR count).